The number of thiazole rings is 1. The van der Waals surface area contributed by atoms with Crippen molar-refractivity contribution < 1.29 is 17.2 Å². The van der Waals surface area contributed by atoms with Crippen LogP contribution in [-0.4, -0.2) is 48.7 Å². The first kappa shape index (κ1) is 15.1. The molecule has 0 amide bonds. The van der Waals surface area contributed by atoms with Gasteiger partial charge in [0.15, 0.2) is 15.8 Å². The van der Waals surface area contributed by atoms with Crippen LogP contribution >= 0.6 is 11.3 Å². The molecule has 0 aliphatic heterocycles. The number of nitrogens with one attached hydrogen (secondary N) is 1. The van der Waals surface area contributed by atoms with Crippen LogP contribution in [0.4, 0.5) is 14.6 Å². The number of aromatic nitrogens is 2. The summed E-state index contributed by atoms with van der Waals surface area (Å²) in [5.74, 6) is 0.181. The van der Waals surface area contributed by atoms with Crippen molar-refractivity contribution in [3.8, 4) is 0 Å². The first-order valence-electron chi connectivity index (χ1n) is 5.81. The van der Waals surface area contributed by atoms with Crippen LogP contribution in [-0.2, 0) is 10.0 Å². The van der Waals surface area contributed by atoms with Gasteiger partial charge in [-0.15, -0.1) is 11.3 Å². The monoisotopic (exact) mass is 324 g/mol. The Morgan fingerprint density at radius 3 is 2.85 bits per heavy atom. The maximum Gasteiger partial charge on any atom is 0.262 e. The standard InChI is InChI=1S/C10H14F2N4O2S2/c1-3-13-8-9(16-4-5-19-10(16)14-8)20(17,18)15(2)6-7(11)12/h4-5,7,13H,3,6H2,1-2H3. The van der Waals surface area contributed by atoms with E-state index in [0.717, 1.165) is 7.05 Å². The van der Waals surface area contributed by atoms with E-state index in [4.69, 9.17) is 0 Å². The largest absolute Gasteiger partial charge is 0.368 e. The number of alkyl halides is 2. The molecule has 0 saturated carbocycles. The van der Waals surface area contributed by atoms with E-state index in [1.807, 2.05) is 0 Å². The fourth-order valence-corrected chi connectivity index (χ4v) is 3.87. The zero-order chi connectivity index (χ0) is 14.9. The van der Waals surface area contributed by atoms with Crippen molar-refractivity contribution >= 4 is 32.1 Å². The van der Waals surface area contributed by atoms with Crippen LogP contribution in [0.15, 0.2) is 16.6 Å². The highest BCUT2D eigenvalue weighted by Gasteiger charge is 2.31. The highest BCUT2D eigenvalue weighted by atomic mass is 32.2. The van der Waals surface area contributed by atoms with Crippen LogP contribution in [0.2, 0.25) is 0 Å². The zero-order valence-electron chi connectivity index (χ0n) is 10.9. The number of rotatable bonds is 6. The molecule has 0 spiro atoms. The first-order chi connectivity index (χ1) is 9.37. The Bertz CT molecular complexity index is 695. The summed E-state index contributed by atoms with van der Waals surface area (Å²) in [6, 6.07) is 0. The summed E-state index contributed by atoms with van der Waals surface area (Å²) in [4.78, 5) is 4.66. The van der Waals surface area contributed by atoms with E-state index in [0.29, 0.717) is 15.8 Å². The average molecular weight is 324 g/mol. The van der Waals surface area contributed by atoms with Crippen molar-refractivity contribution in [1.29, 1.82) is 0 Å². The molecule has 2 rings (SSSR count). The molecule has 10 heteroatoms. The lowest BCUT2D eigenvalue weighted by atomic mass is 10.6. The van der Waals surface area contributed by atoms with Crippen LogP contribution in [0.1, 0.15) is 6.92 Å². The molecule has 0 radical (unpaired) electrons. The van der Waals surface area contributed by atoms with E-state index in [1.54, 1.807) is 18.5 Å². The van der Waals surface area contributed by atoms with Gasteiger partial charge in [0, 0.05) is 25.2 Å². The molecule has 0 aromatic carbocycles. The van der Waals surface area contributed by atoms with Crippen molar-refractivity contribution in [1.82, 2.24) is 13.7 Å². The van der Waals surface area contributed by atoms with Gasteiger partial charge in [0.2, 0.25) is 0 Å². The Hall–Kier alpha value is -1.26. The maximum absolute atomic E-state index is 12.4. The van der Waals surface area contributed by atoms with Gasteiger partial charge in [0.05, 0.1) is 6.54 Å². The van der Waals surface area contributed by atoms with Crippen molar-refractivity contribution in [2.75, 3.05) is 25.5 Å². The summed E-state index contributed by atoms with van der Waals surface area (Å²) in [5.41, 5.74) is 0. The molecule has 0 aliphatic rings. The Morgan fingerprint density at radius 2 is 2.25 bits per heavy atom. The van der Waals surface area contributed by atoms with Gasteiger partial charge < -0.3 is 5.32 Å². The van der Waals surface area contributed by atoms with Crippen LogP contribution in [0, 0.1) is 0 Å². The van der Waals surface area contributed by atoms with Crippen LogP contribution in [0.3, 0.4) is 0 Å². The minimum atomic E-state index is -4.04. The molecule has 0 bridgehead atoms. The topological polar surface area (TPSA) is 66.7 Å². The van der Waals surface area contributed by atoms with Gasteiger partial charge in [0.1, 0.15) is 0 Å². The molecule has 2 aromatic rings. The highest BCUT2D eigenvalue weighted by molar-refractivity contribution is 7.89. The Balaban J connectivity index is 2.54. The van der Waals surface area contributed by atoms with E-state index in [1.165, 1.54) is 15.7 Å². The zero-order valence-corrected chi connectivity index (χ0v) is 12.5. The summed E-state index contributed by atoms with van der Waals surface area (Å²) in [6.45, 7) is 1.42. The van der Waals surface area contributed by atoms with Gasteiger partial charge in [-0.05, 0) is 6.92 Å². The third kappa shape index (κ3) is 2.63. The van der Waals surface area contributed by atoms with Gasteiger partial charge in [-0.2, -0.15) is 4.31 Å². The Kier molecular flexibility index (Phi) is 4.25. The normalized spacial score (nSPS) is 12.7. The Morgan fingerprint density at radius 1 is 1.55 bits per heavy atom. The molecule has 0 aliphatic carbocycles. The molecular weight excluding hydrogens is 310 g/mol. The molecule has 0 atom stereocenters. The van der Waals surface area contributed by atoms with Gasteiger partial charge in [-0.3, -0.25) is 4.40 Å². The lowest BCUT2D eigenvalue weighted by Crippen LogP contribution is -2.32. The van der Waals surface area contributed by atoms with E-state index in [2.05, 4.69) is 10.3 Å². The SMILES string of the molecule is CCNc1nc2sccn2c1S(=O)(=O)N(C)CC(F)F. The number of sulfonamides is 1. The average Bonchev–Trinajstić information content (AvgIpc) is 2.87. The molecule has 112 valence electrons. The molecule has 1 N–H and O–H groups in total. The van der Waals surface area contributed by atoms with E-state index in [9.17, 15) is 17.2 Å². The second-order valence-electron chi connectivity index (χ2n) is 4.03. The lowest BCUT2D eigenvalue weighted by molar-refractivity contribution is 0.126. The van der Waals surface area contributed by atoms with E-state index in [-0.39, 0.29) is 10.8 Å². The van der Waals surface area contributed by atoms with Crippen molar-refractivity contribution in [3.63, 3.8) is 0 Å². The maximum atomic E-state index is 12.4. The summed E-state index contributed by atoms with van der Waals surface area (Å²) in [7, 11) is -2.91. The number of fused-ring (bicyclic) bond motifs is 1. The molecule has 0 fully saturated rings. The number of hydrogen-bond donors (Lipinski definition) is 1. The summed E-state index contributed by atoms with van der Waals surface area (Å²) < 4.78 is 51.7. The van der Waals surface area contributed by atoms with Gasteiger partial charge >= 0.3 is 0 Å². The van der Waals surface area contributed by atoms with E-state index >= 15 is 0 Å². The molecule has 0 saturated heterocycles. The van der Waals surface area contributed by atoms with Crippen molar-refractivity contribution in [3.05, 3.63) is 11.6 Å². The fourth-order valence-electron chi connectivity index (χ4n) is 1.73. The van der Waals surface area contributed by atoms with E-state index < -0.39 is 23.0 Å². The second-order valence-corrected chi connectivity index (χ2v) is 6.86. The predicted molar refractivity (Wildman–Crippen MR) is 73.1 cm³/mol. The van der Waals surface area contributed by atoms with Crippen LogP contribution in [0.5, 0.6) is 0 Å². The summed E-state index contributed by atoms with van der Waals surface area (Å²) in [5, 5.41) is 4.42. The minimum absolute atomic E-state index is 0.112. The lowest BCUT2D eigenvalue weighted by Gasteiger charge is -2.16. The summed E-state index contributed by atoms with van der Waals surface area (Å²) >= 11 is 1.27. The third-order valence-electron chi connectivity index (χ3n) is 2.61. The van der Waals surface area contributed by atoms with Gasteiger partial charge in [-0.1, -0.05) is 0 Å². The molecule has 0 unspecified atom stereocenters. The number of hydrogen-bond acceptors (Lipinski definition) is 5. The van der Waals surface area contributed by atoms with Gasteiger partial charge in [-0.25, -0.2) is 22.2 Å². The molecule has 20 heavy (non-hydrogen) atoms. The molecule has 6 nitrogen and oxygen atoms in total. The number of halogens is 2. The Labute approximate surface area is 119 Å². The fraction of sp³-hybridized carbons (Fsp3) is 0.500. The number of imidazole rings is 1. The molecule has 2 heterocycles. The highest BCUT2D eigenvalue weighted by Crippen LogP contribution is 2.27. The minimum Gasteiger partial charge on any atom is -0.368 e. The van der Waals surface area contributed by atoms with Crippen LogP contribution in [0.25, 0.3) is 4.96 Å². The van der Waals surface area contributed by atoms with Crippen LogP contribution < -0.4 is 5.32 Å². The summed E-state index contributed by atoms with van der Waals surface area (Å²) in [6.07, 6.45) is -1.18. The molecule has 2 aromatic heterocycles. The second kappa shape index (κ2) is 5.62. The number of anilines is 1. The molecular formula is C10H14F2N4O2S2. The van der Waals surface area contributed by atoms with Gasteiger partial charge in [0.25, 0.3) is 16.4 Å². The first-order valence-corrected chi connectivity index (χ1v) is 8.13. The number of nitrogens with zero attached hydrogens (tertiary/aromatic N) is 3. The van der Waals surface area contributed by atoms with Crippen molar-refractivity contribution in [2.45, 2.75) is 18.4 Å². The van der Waals surface area contributed by atoms with Crippen molar-refractivity contribution in [2.24, 2.45) is 0 Å². The smallest absolute Gasteiger partial charge is 0.262 e. The predicted octanol–water partition coefficient (Wildman–Crippen LogP) is 1.71. The quantitative estimate of drug-likeness (QED) is 0.878. The third-order valence-corrected chi connectivity index (χ3v) is 5.22.